The maximum absolute atomic E-state index is 12.9. The second-order valence-electron chi connectivity index (χ2n) is 7.85. The number of amides is 2. The monoisotopic (exact) mass is 415 g/mol. The Balaban J connectivity index is 1.30. The van der Waals surface area contributed by atoms with Gasteiger partial charge >= 0.3 is 0 Å². The van der Waals surface area contributed by atoms with E-state index in [0.717, 1.165) is 38.8 Å². The quantitative estimate of drug-likeness (QED) is 0.750. The summed E-state index contributed by atoms with van der Waals surface area (Å²) in [5.41, 5.74) is 0.415. The molecule has 1 aromatic heterocycles. The summed E-state index contributed by atoms with van der Waals surface area (Å²) < 4.78 is 24.2. The van der Waals surface area contributed by atoms with Crippen LogP contribution >= 0.6 is 0 Å². The van der Waals surface area contributed by atoms with Crippen molar-refractivity contribution in [2.45, 2.75) is 38.5 Å². The standard InChI is InChI=1S/C22H26FN3O4/c1-15-20(22(28)26-10-2-3-11-26)24-21(30-15)16-8-12-25(13-9-16)19(27)14-29-18-6-4-17(23)5-7-18/h4-7,16H,2-3,8-14H2,1H3. The van der Waals surface area contributed by atoms with Gasteiger partial charge in [-0.15, -0.1) is 0 Å². The molecule has 0 spiro atoms. The molecule has 2 amide bonds. The van der Waals surface area contributed by atoms with Crippen molar-refractivity contribution in [3.8, 4) is 5.75 Å². The van der Waals surface area contributed by atoms with Crippen LogP contribution in [0.5, 0.6) is 5.75 Å². The van der Waals surface area contributed by atoms with E-state index in [1.54, 1.807) is 11.8 Å². The van der Waals surface area contributed by atoms with Crippen LogP contribution < -0.4 is 4.74 Å². The molecule has 4 rings (SSSR count). The zero-order valence-electron chi connectivity index (χ0n) is 17.1. The lowest BCUT2D eigenvalue weighted by Crippen LogP contribution is -2.40. The number of carbonyl (C=O) groups is 2. The second kappa shape index (κ2) is 8.85. The van der Waals surface area contributed by atoms with Crippen LogP contribution in [0.4, 0.5) is 4.39 Å². The number of hydrogen-bond donors (Lipinski definition) is 0. The van der Waals surface area contributed by atoms with Gasteiger partial charge < -0.3 is 19.0 Å². The molecule has 2 saturated heterocycles. The lowest BCUT2D eigenvalue weighted by atomic mass is 9.97. The van der Waals surface area contributed by atoms with Crippen molar-refractivity contribution in [1.29, 1.82) is 0 Å². The molecular formula is C22H26FN3O4. The van der Waals surface area contributed by atoms with E-state index >= 15 is 0 Å². The van der Waals surface area contributed by atoms with Crippen LogP contribution in [0.25, 0.3) is 0 Å². The number of rotatable bonds is 5. The molecule has 7 nitrogen and oxygen atoms in total. The Morgan fingerprint density at radius 2 is 1.77 bits per heavy atom. The number of carbonyl (C=O) groups excluding carboxylic acids is 2. The number of aromatic nitrogens is 1. The summed E-state index contributed by atoms with van der Waals surface area (Å²) in [6.07, 6.45) is 3.51. The third kappa shape index (κ3) is 4.47. The van der Waals surface area contributed by atoms with Gasteiger partial charge in [0.2, 0.25) is 0 Å². The summed E-state index contributed by atoms with van der Waals surface area (Å²) in [7, 11) is 0. The van der Waals surface area contributed by atoms with Crippen LogP contribution in [0.2, 0.25) is 0 Å². The number of oxazole rings is 1. The zero-order chi connectivity index (χ0) is 21.1. The normalized spacial score (nSPS) is 17.4. The average Bonchev–Trinajstić information content (AvgIpc) is 3.43. The van der Waals surface area contributed by atoms with Crippen molar-refractivity contribution in [3.05, 3.63) is 47.4 Å². The van der Waals surface area contributed by atoms with Crippen LogP contribution in [0, 0.1) is 12.7 Å². The highest BCUT2D eigenvalue weighted by Crippen LogP contribution is 2.29. The molecule has 2 fully saturated rings. The van der Waals surface area contributed by atoms with Crippen molar-refractivity contribution in [1.82, 2.24) is 14.8 Å². The number of ether oxygens (including phenoxy) is 1. The predicted molar refractivity (Wildman–Crippen MR) is 107 cm³/mol. The first-order valence-corrected chi connectivity index (χ1v) is 10.4. The van der Waals surface area contributed by atoms with Gasteiger partial charge in [0.15, 0.2) is 18.2 Å². The SMILES string of the molecule is Cc1oc(C2CCN(C(=O)COc3ccc(F)cc3)CC2)nc1C(=O)N1CCCC1. The minimum absolute atomic E-state index is 0.0504. The van der Waals surface area contributed by atoms with E-state index in [1.165, 1.54) is 24.3 Å². The fourth-order valence-corrected chi connectivity index (χ4v) is 4.00. The Morgan fingerprint density at radius 3 is 2.43 bits per heavy atom. The summed E-state index contributed by atoms with van der Waals surface area (Å²) in [6, 6.07) is 5.60. The summed E-state index contributed by atoms with van der Waals surface area (Å²) in [4.78, 5) is 33.1. The highest BCUT2D eigenvalue weighted by Gasteiger charge is 2.30. The van der Waals surface area contributed by atoms with E-state index in [2.05, 4.69) is 4.98 Å². The molecule has 0 atom stereocenters. The highest BCUT2D eigenvalue weighted by atomic mass is 19.1. The van der Waals surface area contributed by atoms with Crippen molar-refractivity contribution in [2.75, 3.05) is 32.8 Å². The van der Waals surface area contributed by atoms with E-state index in [4.69, 9.17) is 9.15 Å². The first kappa shape index (κ1) is 20.4. The van der Waals surface area contributed by atoms with E-state index in [0.29, 0.717) is 36.2 Å². The topological polar surface area (TPSA) is 75.9 Å². The molecule has 0 saturated carbocycles. The van der Waals surface area contributed by atoms with Gasteiger partial charge in [0.25, 0.3) is 11.8 Å². The van der Waals surface area contributed by atoms with Crippen LogP contribution in [0.15, 0.2) is 28.7 Å². The maximum atomic E-state index is 12.9. The van der Waals surface area contributed by atoms with Gasteiger partial charge in [0, 0.05) is 32.1 Å². The first-order chi connectivity index (χ1) is 14.5. The third-order valence-corrected chi connectivity index (χ3v) is 5.78. The zero-order valence-corrected chi connectivity index (χ0v) is 17.1. The van der Waals surface area contributed by atoms with Gasteiger partial charge in [0.1, 0.15) is 17.3 Å². The molecule has 2 aromatic rings. The maximum Gasteiger partial charge on any atom is 0.276 e. The largest absolute Gasteiger partial charge is 0.484 e. The van der Waals surface area contributed by atoms with Crippen LogP contribution in [0.1, 0.15) is 53.7 Å². The second-order valence-corrected chi connectivity index (χ2v) is 7.85. The molecule has 0 unspecified atom stereocenters. The van der Waals surface area contributed by atoms with E-state index in [-0.39, 0.29) is 30.2 Å². The number of benzene rings is 1. The minimum Gasteiger partial charge on any atom is -0.484 e. The molecule has 2 aliphatic rings. The molecule has 30 heavy (non-hydrogen) atoms. The van der Waals surface area contributed by atoms with Crippen molar-refractivity contribution >= 4 is 11.8 Å². The van der Waals surface area contributed by atoms with Gasteiger partial charge in [-0.1, -0.05) is 0 Å². The van der Waals surface area contributed by atoms with Crippen LogP contribution in [-0.2, 0) is 4.79 Å². The fourth-order valence-electron chi connectivity index (χ4n) is 4.00. The lowest BCUT2D eigenvalue weighted by molar-refractivity contribution is -0.134. The van der Waals surface area contributed by atoms with E-state index in [1.807, 2.05) is 4.90 Å². The summed E-state index contributed by atoms with van der Waals surface area (Å²) in [5, 5.41) is 0. The minimum atomic E-state index is -0.345. The molecule has 3 heterocycles. The number of piperidine rings is 1. The van der Waals surface area contributed by atoms with Crippen LogP contribution in [-0.4, -0.2) is 59.4 Å². The third-order valence-electron chi connectivity index (χ3n) is 5.78. The summed E-state index contributed by atoms with van der Waals surface area (Å²) in [6.45, 7) is 4.41. The number of nitrogens with zero attached hydrogens (tertiary/aromatic N) is 3. The van der Waals surface area contributed by atoms with Crippen LogP contribution in [0.3, 0.4) is 0 Å². The Morgan fingerprint density at radius 1 is 1.10 bits per heavy atom. The van der Waals surface area contributed by atoms with Gasteiger partial charge in [-0.2, -0.15) is 0 Å². The molecule has 160 valence electrons. The molecule has 1 aromatic carbocycles. The van der Waals surface area contributed by atoms with Crippen molar-refractivity contribution < 1.29 is 23.1 Å². The molecule has 2 aliphatic heterocycles. The predicted octanol–water partition coefficient (Wildman–Crippen LogP) is 3.14. The molecule has 0 aliphatic carbocycles. The van der Waals surface area contributed by atoms with Gasteiger partial charge in [0.05, 0.1) is 0 Å². The Hall–Kier alpha value is -2.90. The number of halogens is 1. The average molecular weight is 415 g/mol. The van der Waals surface area contributed by atoms with Crippen molar-refractivity contribution in [3.63, 3.8) is 0 Å². The van der Waals surface area contributed by atoms with Gasteiger partial charge in [-0.3, -0.25) is 9.59 Å². The smallest absolute Gasteiger partial charge is 0.276 e. The number of likely N-dealkylation sites (tertiary alicyclic amines) is 2. The van der Waals surface area contributed by atoms with Crippen molar-refractivity contribution in [2.24, 2.45) is 0 Å². The van der Waals surface area contributed by atoms with Gasteiger partial charge in [-0.25, -0.2) is 9.37 Å². The van der Waals surface area contributed by atoms with E-state index < -0.39 is 0 Å². The van der Waals surface area contributed by atoms with Gasteiger partial charge in [-0.05, 0) is 56.9 Å². The van der Waals surface area contributed by atoms with E-state index in [9.17, 15) is 14.0 Å². The Bertz CT molecular complexity index is 898. The Labute approximate surface area is 174 Å². The Kier molecular flexibility index (Phi) is 6.01. The molecule has 0 bridgehead atoms. The highest BCUT2D eigenvalue weighted by molar-refractivity contribution is 5.93. The molecule has 0 radical (unpaired) electrons. The fraction of sp³-hybridized carbons (Fsp3) is 0.500. The molecular weight excluding hydrogens is 389 g/mol. The summed E-state index contributed by atoms with van der Waals surface area (Å²) in [5.74, 6) is 1.20. The molecule has 0 N–H and O–H groups in total. The lowest BCUT2D eigenvalue weighted by Gasteiger charge is -2.30. The first-order valence-electron chi connectivity index (χ1n) is 10.4. The number of hydrogen-bond acceptors (Lipinski definition) is 5. The molecule has 8 heteroatoms. The number of aryl methyl sites for hydroxylation is 1. The summed E-state index contributed by atoms with van der Waals surface area (Å²) >= 11 is 0.